The van der Waals surface area contributed by atoms with Gasteiger partial charge in [0.1, 0.15) is 5.01 Å². The normalized spacial score (nSPS) is 23.8. The second kappa shape index (κ2) is 5.99. The summed E-state index contributed by atoms with van der Waals surface area (Å²) in [6.07, 6.45) is 3.78. The topological polar surface area (TPSA) is 34.2 Å². The van der Waals surface area contributed by atoms with Gasteiger partial charge in [0.2, 0.25) is 0 Å². The first kappa shape index (κ1) is 13.0. The minimum atomic E-state index is 0.432. The van der Waals surface area contributed by atoms with Gasteiger partial charge in [-0.05, 0) is 31.4 Å². The van der Waals surface area contributed by atoms with E-state index in [0.717, 1.165) is 37.9 Å². The Hall–Kier alpha value is -0.970. The molecule has 0 spiro atoms. The van der Waals surface area contributed by atoms with Crippen LogP contribution in [0.15, 0.2) is 24.3 Å². The van der Waals surface area contributed by atoms with Gasteiger partial charge in [0.25, 0.3) is 0 Å². The third-order valence-corrected chi connectivity index (χ3v) is 4.74. The van der Waals surface area contributed by atoms with Crippen LogP contribution in [0.3, 0.4) is 0 Å². The van der Waals surface area contributed by atoms with Crippen LogP contribution in [0.4, 0.5) is 0 Å². The maximum absolute atomic E-state index is 5.70. The van der Waals surface area contributed by atoms with E-state index in [0.29, 0.717) is 12.1 Å². The van der Waals surface area contributed by atoms with Crippen molar-refractivity contribution in [2.75, 3.05) is 6.61 Å². The molecule has 0 aliphatic carbocycles. The lowest BCUT2D eigenvalue weighted by molar-refractivity contribution is -0.000319. The van der Waals surface area contributed by atoms with Crippen LogP contribution in [0.2, 0.25) is 0 Å². The van der Waals surface area contributed by atoms with E-state index >= 15 is 0 Å². The van der Waals surface area contributed by atoms with E-state index in [1.807, 2.05) is 6.07 Å². The van der Waals surface area contributed by atoms with Gasteiger partial charge in [-0.2, -0.15) is 0 Å². The summed E-state index contributed by atoms with van der Waals surface area (Å²) in [7, 11) is 0. The number of thiazole rings is 1. The molecule has 0 bridgehead atoms. The van der Waals surface area contributed by atoms with Crippen molar-refractivity contribution in [3.8, 4) is 0 Å². The number of nitrogens with one attached hydrogen (secondary N) is 1. The molecule has 0 saturated carbocycles. The first-order valence-corrected chi connectivity index (χ1v) is 7.86. The van der Waals surface area contributed by atoms with Crippen molar-refractivity contribution in [3.63, 3.8) is 0 Å². The number of rotatable bonds is 4. The van der Waals surface area contributed by atoms with Gasteiger partial charge >= 0.3 is 0 Å². The molecule has 2 atom stereocenters. The number of aromatic nitrogens is 1. The van der Waals surface area contributed by atoms with Crippen molar-refractivity contribution in [3.05, 3.63) is 29.3 Å². The first-order chi connectivity index (χ1) is 9.35. The molecule has 1 aliphatic rings. The fourth-order valence-corrected chi connectivity index (χ4v) is 3.50. The molecule has 3 nitrogen and oxygen atoms in total. The number of hydrogen-bond acceptors (Lipinski definition) is 4. The number of ether oxygens (including phenoxy) is 1. The molecule has 3 rings (SSSR count). The standard InChI is InChI=1S/C15H20N2OS/c1-2-12-9-11(7-8-18-12)16-10-15-17-13-5-3-4-6-14(13)19-15/h3-6,11-12,16H,2,7-10H2,1H3. The molecule has 2 aromatic rings. The molecule has 2 heterocycles. The summed E-state index contributed by atoms with van der Waals surface area (Å²) in [6, 6.07) is 8.91. The van der Waals surface area contributed by atoms with Crippen molar-refractivity contribution in [2.45, 2.75) is 44.9 Å². The van der Waals surface area contributed by atoms with E-state index in [-0.39, 0.29) is 0 Å². The van der Waals surface area contributed by atoms with Gasteiger partial charge in [-0.25, -0.2) is 4.98 Å². The summed E-state index contributed by atoms with van der Waals surface area (Å²) >= 11 is 1.79. The predicted octanol–water partition coefficient (Wildman–Crippen LogP) is 3.34. The summed E-state index contributed by atoms with van der Waals surface area (Å²) in [6.45, 7) is 3.96. The molecule has 1 saturated heterocycles. The van der Waals surface area contributed by atoms with Gasteiger partial charge in [-0.3, -0.25) is 0 Å². The Bertz CT molecular complexity index is 507. The van der Waals surface area contributed by atoms with Gasteiger partial charge in [-0.15, -0.1) is 11.3 Å². The summed E-state index contributed by atoms with van der Waals surface area (Å²) in [5.74, 6) is 0. The molecular weight excluding hydrogens is 256 g/mol. The quantitative estimate of drug-likeness (QED) is 0.930. The number of benzene rings is 1. The zero-order chi connectivity index (χ0) is 13.1. The largest absolute Gasteiger partial charge is 0.378 e. The smallest absolute Gasteiger partial charge is 0.108 e. The second-order valence-electron chi connectivity index (χ2n) is 5.08. The molecule has 1 fully saturated rings. The maximum Gasteiger partial charge on any atom is 0.108 e. The Kier molecular flexibility index (Phi) is 4.11. The highest BCUT2D eigenvalue weighted by molar-refractivity contribution is 7.18. The van der Waals surface area contributed by atoms with E-state index < -0.39 is 0 Å². The first-order valence-electron chi connectivity index (χ1n) is 7.04. The number of para-hydroxylation sites is 1. The summed E-state index contributed by atoms with van der Waals surface area (Å²) < 4.78 is 6.98. The number of fused-ring (bicyclic) bond motifs is 1. The monoisotopic (exact) mass is 276 g/mol. The SMILES string of the molecule is CCC1CC(NCc2nc3ccccc3s2)CCO1. The highest BCUT2D eigenvalue weighted by Gasteiger charge is 2.20. The zero-order valence-corrected chi connectivity index (χ0v) is 12.1. The van der Waals surface area contributed by atoms with Crippen molar-refractivity contribution in [1.29, 1.82) is 0 Å². The molecule has 1 aromatic heterocycles. The highest BCUT2D eigenvalue weighted by Crippen LogP contribution is 2.22. The predicted molar refractivity (Wildman–Crippen MR) is 79.5 cm³/mol. The molecule has 102 valence electrons. The van der Waals surface area contributed by atoms with Gasteiger partial charge < -0.3 is 10.1 Å². The van der Waals surface area contributed by atoms with Crippen LogP contribution in [-0.2, 0) is 11.3 Å². The van der Waals surface area contributed by atoms with Gasteiger partial charge in [0.05, 0.1) is 16.3 Å². The number of hydrogen-bond donors (Lipinski definition) is 1. The van der Waals surface area contributed by atoms with E-state index in [2.05, 4.69) is 35.4 Å². The van der Waals surface area contributed by atoms with Crippen LogP contribution in [-0.4, -0.2) is 23.7 Å². The van der Waals surface area contributed by atoms with Gasteiger partial charge in [0, 0.05) is 19.2 Å². The third-order valence-electron chi connectivity index (χ3n) is 3.70. The Morgan fingerprint density at radius 1 is 1.42 bits per heavy atom. The van der Waals surface area contributed by atoms with Crippen LogP contribution in [0.25, 0.3) is 10.2 Å². The minimum Gasteiger partial charge on any atom is -0.378 e. The van der Waals surface area contributed by atoms with Crippen molar-refractivity contribution >= 4 is 21.6 Å². The molecule has 2 unspecified atom stereocenters. The third kappa shape index (κ3) is 3.14. The van der Waals surface area contributed by atoms with Crippen LogP contribution >= 0.6 is 11.3 Å². The van der Waals surface area contributed by atoms with Crippen LogP contribution in [0, 0.1) is 0 Å². The second-order valence-corrected chi connectivity index (χ2v) is 6.19. The molecule has 0 amide bonds. The Morgan fingerprint density at radius 2 is 2.32 bits per heavy atom. The molecule has 1 aliphatic heterocycles. The Labute approximate surface area is 118 Å². The lowest BCUT2D eigenvalue weighted by Gasteiger charge is -2.29. The molecule has 1 N–H and O–H groups in total. The number of nitrogens with zero attached hydrogens (tertiary/aromatic N) is 1. The van der Waals surface area contributed by atoms with Crippen LogP contribution < -0.4 is 5.32 Å². The molecular formula is C15H20N2OS. The average molecular weight is 276 g/mol. The van der Waals surface area contributed by atoms with Crippen LogP contribution in [0.5, 0.6) is 0 Å². The highest BCUT2D eigenvalue weighted by atomic mass is 32.1. The zero-order valence-electron chi connectivity index (χ0n) is 11.3. The fourth-order valence-electron chi connectivity index (χ4n) is 2.58. The van der Waals surface area contributed by atoms with E-state index in [1.165, 1.54) is 9.71 Å². The fraction of sp³-hybridized carbons (Fsp3) is 0.533. The molecule has 19 heavy (non-hydrogen) atoms. The summed E-state index contributed by atoms with van der Waals surface area (Å²) in [4.78, 5) is 4.66. The van der Waals surface area contributed by atoms with E-state index in [4.69, 9.17) is 4.74 Å². The molecule has 1 aromatic carbocycles. The van der Waals surface area contributed by atoms with Crippen molar-refractivity contribution in [1.82, 2.24) is 10.3 Å². The molecule has 0 radical (unpaired) electrons. The van der Waals surface area contributed by atoms with E-state index in [1.54, 1.807) is 11.3 Å². The Balaban J connectivity index is 1.59. The minimum absolute atomic E-state index is 0.432. The maximum atomic E-state index is 5.70. The Morgan fingerprint density at radius 3 is 3.16 bits per heavy atom. The van der Waals surface area contributed by atoms with Crippen molar-refractivity contribution < 1.29 is 4.74 Å². The van der Waals surface area contributed by atoms with E-state index in [9.17, 15) is 0 Å². The lowest BCUT2D eigenvalue weighted by atomic mass is 10.0. The lowest BCUT2D eigenvalue weighted by Crippen LogP contribution is -2.38. The summed E-state index contributed by atoms with van der Waals surface area (Å²) in [5.41, 5.74) is 1.11. The van der Waals surface area contributed by atoms with Crippen molar-refractivity contribution in [2.24, 2.45) is 0 Å². The van der Waals surface area contributed by atoms with Crippen LogP contribution in [0.1, 0.15) is 31.2 Å². The summed E-state index contributed by atoms with van der Waals surface area (Å²) in [5, 5.41) is 4.81. The van der Waals surface area contributed by atoms with Gasteiger partial charge in [0.15, 0.2) is 0 Å². The molecule has 4 heteroatoms. The average Bonchev–Trinajstić information content (AvgIpc) is 2.88. The van der Waals surface area contributed by atoms with Gasteiger partial charge in [-0.1, -0.05) is 19.1 Å².